The van der Waals surface area contributed by atoms with Crippen LogP contribution in [0.1, 0.15) is 5.56 Å². The smallest absolute Gasteiger partial charge is 0.270 e. The highest BCUT2D eigenvalue weighted by Crippen LogP contribution is 2.29. The van der Waals surface area contributed by atoms with Gasteiger partial charge in [0.2, 0.25) is 0 Å². The highest BCUT2D eigenvalue weighted by atomic mass is 35.5. The fourth-order valence-corrected chi connectivity index (χ4v) is 4.32. The number of hydrogen-bond donors (Lipinski definition) is 2. The first-order valence-electron chi connectivity index (χ1n) is 8.47. The summed E-state index contributed by atoms with van der Waals surface area (Å²) in [7, 11) is -4.21. The highest BCUT2D eigenvalue weighted by molar-refractivity contribution is 7.92. The van der Waals surface area contributed by atoms with E-state index in [4.69, 9.17) is 34.8 Å². The van der Waals surface area contributed by atoms with Gasteiger partial charge in [0.15, 0.2) is 0 Å². The topological polar surface area (TPSA) is 114 Å². The van der Waals surface area contributed by atoms with E-state index in [1.54, 1.807) is 18.2 Å². The molecule has 8 nitrogen and oxygen atoms in total. The molecule has 31 heavy (non-hydrogen) atoms. The standard InChI is InChI=1S/C19H13Cl3N4O4S/c20-12-4-6-13(7-5-12)25-31(29,30)19-10-14(26(27)28)8-9-18(19)24-23-11-15-16(21)2-1-3-17(15)22/h1-11,24-25H/b23-11-. The molecule has 0 amide bonds. The van der Waals surface area contributed by atoms with Gasteiger partial charge in [0.25, 0.3) is 15.7 Å². The molecule has 0 fully saturated rings. The maximum atomic E-state index is 12.9. The normalized spacial score (nSPS) is 11.5. The zero-order chi connectivity index (χ0) is 22.6. The Morgan fingerprint density at radius 2 is 1.61 bits per heavy atom. The fourth-order valence-electron chi connectivity index (χ4n) is 2.47. The minimum atomic E-state index is -4.21. The van der Waals surface area contributed by atoms with Gasteiger partial charge in [0, 0.05) is 28.4 Å². The van der Waals surface area contributed by atoms with Gasteiger partial charge < -0.3 is 0 Å². The van der Waals surface area contributed by atoms with Crippen LogP contribution in [0.3, 0.4) is 0 Å². The Balaban J connectivity index is 1.96. The average Bonchev–Trinajstić information content (AvgIpc) is 2.71. The number of hydrazone groups is 1. The number of non-ortho nitro benzene ring substituents is 1. The number of nitrogens with one attached hydrogen (secondary N) is 2. The number of nitro groups is 1. The van der Waals surface area contributed by atoms with E-state index in [1.807, 2.05) is 0 Å². The van der Waals surface area contributed by atoms with Crippen LogP contribution in [0.4, 0.5) is 17.1 Å². The van der Waals surface area contributed by atoms with Crippen LogP contribution < -0.4 is 10.1 Å². The van der Waals surface area contributed by atoms with Crippen molar-refractivity contribution in [1.82, 2.24) is 0 Å². The predicted octanol–water partition coefficient (Wildman–Crippen LogP) is 5.80. The molecule has 0 aliphatic rings. The zero-order valence-corrected chi connectivity index (χ0v) is 18.5. The van der Waals surface area contributed by atoms with Gasteiger partial charge in [-0.1, -0.05) is 40.9 Å². The van der Waals surface area contributed by atoms with Crippen LogP contribution in [0, 0.1) is 10.1 Å². The Kier molecular flexibility index (Phi) is 7.01. The van der Waals surface area contributed by atoms with Crippen LogP contribution in [0.2, 0.25) is 15.1 Å². The number of nitrogens with zero attached hydrogens (tertiary/aromatic N) is 2. The number of nitro benzene ring substituents is 1. The van der Waals surface area contributed by atoms with Crippen LogP contribution in [-0.2, 0) is 10.0 Å². The van der Waals surface area contributed by atoms with Crippen molar-refractivity contribution in [3.63, 3.8) is 0 Å². The second kappa shape index (κ2) is 9.52. The summed E-state index contributed by atoms with van der Waals surface area (Å²) >= 11 is 18.0. The van der Waals surface area contributed by atoms with Crippen molar-refractivity contribution >= 4 is 68.1 Å². The average molecular weight is 500 g/mol. The lowest BCUT2D eigenvalue weighted by Crippen LogP contribution is -2.15. The van der Waals surface area contributed by atoms with E-state index in [-0.39, 0.29) is 16.3 Å². The Morgan fingerprint density at radius 3 is 2.23 bits per heavy atom. The van der Waals surface area contributed by atoms with E-state index in [1.165, 1.54) is 36.5 Å². The molecule has 2 N–H and O–H groups in total. The Morgan fingerprint density at radius 1 is 0.968 bits per heavy atom. The van der Waals surface area contributed by atoms with E-state index >= 15 is 0 Å². The van der Waals surface area contributed by atoms with Crippen molar-refractivity contribution in [2.45, 2.75) is 4.90 Å². The number of halogens is 3. The first-order valence-corrected chi connectivity index (χ1v) is 11.1. The van der Waals surface area contributed by atoms with E-state index < -0.39 is 20.6 Å². The largest absolute Gasteiger partial charge is 0.280 e. The minimum Gasteiger partial charge on any atom is -0.280 e. The summed E-state index contributed by atoms with van der Waals surface area (Å²) in [5.41, 5.74) is 2.83. The second-order valence-corrected chi connectivity index (χ2v) is 8.96. The lowest BCUT2D eigenvalue weighted by atomic mass is 10.2. The molecule has 0 spiro atoms. The van der Waals surface area contributed by atoms with Gasteiger partial charge >= 0.3 is 0 Å². The molecule has 0 saturated carbocycles. The van der Waals surface area contributed by atoms with Crippen molar-refractivity contribution in [2.24, 2.45) is 5.10 Å². The predicted molar refractivity (Wildman–Crippen MR) is 123 cm³/mol. The fraction of sp³-hybridized carbons (Fsp3) is 0. The number of sulfonamides is 1. The summed E-state index contributed by atoms with van der Waals surface area (Å²) < 4.78 is 28.2. The quantitative estimate of drug-likeness (QED) is 0.242. The molecule has 0 aromatic heterocycles. The zero-order valence-electron chi connectivity index (χ0n) is 15.4. The van der Waals surface area contributed by atoms with Crippen molar-refractivity contribution in [3.05, 3.63) is 91.4 Å². The lowest BCUT2D eigenvalue weighted by Gasteiger charge is -2.12. The molecule has 0 radical (unpaired) electrons. The number of benzene rings is 3. The van der Waals surface area contributed by atoms with Gasteiger partial charge in [-0.25, -0.2) is 8.42 Å². The maximum absolute atomic E-state index is 12.9. The maximum Gasteiger partial charge on any atom is 0.270 e. The summed E-state index contributed by atoms with van der Waals surface area (Å²) in [6.45, 7) is 0. The third-order valence-corrected chi connectivity index (χ3v) is 6.27. The summed E-state index contributed by atoms with van der Waals surface area (Å²) in [4.78, 5) is 10.1. The van der Waals surface area contributed by atoms with Crippen molar-refractivity contribution < 1.29 is 13.3 Å². The van der Waals surface area contributed by atoms with Gasteiger partial charge in [-0.15, -0.1) is 0 Å². The molecule has 0 atom stereocenters. The molecular formula is C19H13Cl3N4O4S. The Bertz CT molecular complexity index is 1250. The van der Waals surface area contributed by atoms with Gasteiger partial charge in [-0.2, -0.15) is 5.10 Å². The molecule has 3 rings (SSSR count). The van der Waals surface area contributed by atoms with Crippen LogP contribution in [-0.4, -0.2) is 19.6 Å². The molecule has 0 unspecified atom stereocenters. The molecule has 3 aromatic rings. The number of rotatable bonds is 7. The number of anilines is 2. The van der Waals surface area contributed by atoms with E-state index in [9.17, 15) is 18.5 Å². The van der Waals surface area contributed by atoms with E-state index in [0.29, 0.717) is 20.6 Å². The number of hydrogen-bond acceptors (Lipinski definition) is 6. The molecule has 0 saturated heterocycles. The van der Waals surface area contributed by atoms with Crippen LogP contribution in [0.15, 0.2) is 70.7 Å². The molecule has 0 aliphatic heterocycles. The van der Waals surface area contributed by atoms with Crippen LogP contribution in [0.5, 0.6) is 0 Å². The second-order valence-electron chi connectivity index (χ2n) is 6.06. The van der Waals surface area contributed by atoms with Gasteiger partial charge in [-0.3, -0.25) is 20.3 Å². The first kappa shape index (κ1) is 22.8. The van der Waals surface area contributed by atoms with Gasteiger partial charge in [0.05, 0.1) is 26.9 Å². The molecule has 3 aromatic carbocycles. The molecule has 0 bridgehead atoms. The van der Waals surface area contributed by atoms with Crippen molar-refractivity contribution in [1.29, 1.82) is 0 Å². The molecule has 0 aliphatic carbocycles. The summed E-state index contributed by atoms with van der Waals surface area (Å²) in [6.07, 6.45) is 1.31. The van der Waals surface area contributed by atoms with Crippen molar-refractivity contribution in [2.75, 3.05) is 10.1 Å². The highest BCUT2D eigenvalue weighted by Gasteiger charge is 2.22. The minimum absolute atomic E-state index is 0.00601. The Labute approximate surface area is 192 Å². The summed E-state index contributed by atoms with van der Waals surface area (Å²) in [5, 5.41) is 16.3. The monoisotopic (exact) mass is 498 g/mol. The molecule has 12 heteroatoms. The van der Waals surface area contributed by atoms with E-state index in [2.05, 4.69) is 15.2 Å². The van der Waals surface area contributed by atoms with Crippen LogP contribution >= 0.6 is 34.8 Å². The SMILES string of the molecule is O=[N+]([O-])c1ccc(N/N=C\c2c(Cl)cccc2Cl)c(S(=O)(=O)Nc2ccc(Cl)cc2)c1. The molecule has 160 valence electrons. The lowest BCUT2D eigenvalue weighted by molar-refractivity contribution is -0.385. The third kappa shape index (κ3) is 5.65. The van der Waals surface area contributed by atoms with Crippen molar-refractivity contribution in [3.8, 4) is 0 Å². The summed E-state index contributed by atoms with van der Waals surface area (Å²) in [6, 6.07) is 14.1. The summed E-state index contributed by atoms with van der Waals surface area (Å²) in [5.74, 6) is 0. The first-order chi connectivity index (χ1) is 14.7. The molecular weight excluding hydrogens is 487 g/mol. The molecule has 0 heterocycles. The van der Waals surface area contributed by atoms with E-state index in [0.717, 1.165) is 12.1 Å². The third-order valence-electron chi connectivity index (χ3n) is 3.94. The van der Waals surface area contributed by atoms with Crippen LogP contribution in [0.25, 0.3) is 0 Å². The van der Waals surface area contributed by atoms with Gasteiger partial charge in [-0.05, 0) is 42.5 Å². The Hall–Kier alpha value is -2.85. The van der Waals surface area contributed by atoms with Gasteiger partial charge in [0.1, 0.15) is 4.90 Å².